The minimum absolute atomic E-state index is 0.343. The number of halogens is 4. The van der Waals surface area contributed by atoms with E-state index in [9.17, 15) is 9.18 Å². The highest BCUT2D eigenvalue weighted by molar-refractivity contribution is 9.10. The number of urea groups is 1. The molecule has 2 N–H and O–H groups in total. The largest absolute Gasteiger partial charge is 0.323 e. The third-order valence-electron chi connectivity index (χ3n) is 2.24. The van der Waals surface area contributed by atoms with Crippen LogP contribution in [0.25, 0.3) is 0 Å². The monoisotopic (exact) mass is 420 g/mol. The van der Waals surface area contributed by atoms with Crippen LogP contribution < -0.4 is 10.6 Å². The van der Waals surface area contributed by atoms with Gasteiger partial charge in [0.05, 0.1) is 0 Å². The summed E-state index contributed by atoms with van der Waals surface area (Å²) in [6.45, 7) is 0. The lowest BCUT2D eigenvalue weighted by molar-refractivity contribution is 0.262. The highest BCUT2D eigenvalue weighted by Gasteiger charge is 2.06. The van der Waals surface area contributed by atoms with Crippen LogP contribution in [0.1, 0.15) is 0 Å². The minimum Gasteiger partial charge on any atom is -0.308 e. The lowest BCUT2D eigenvalue weighted by Crippen LogP contribution is -2.19. The molecule has 0 aliphatic rings. The van der Waals surface area contributed by atoms with Crippen molar-refractivity contribution in [2.45, 2.75) is 0 Å². The maximum atomic E-state index is 13.2. The predicted octanol–water partition coefficient (Wildman–Crippen LogP) is 5.65. The zero-order valence-corrected chi connectivity index (χ0v) is 13.8. The van der Waals surface area contributed by atoms with Crippen molar-refractivity contribution in [2.75, 3.05) is 10.6 Å². The number of carbonyl (C=O) groups is 1. The molecule has 0 bridgehead atoms. The third-order valence-corrected chi connectivity index (χ3v) is 3.37. The van der Waals surface area contributed by atoms with E-state index in [1.54, 1.807) is 24.3 Å². The first-order valence-corrected chi connectivity index (χ1v) is 7.39. The maximum absolute atomic E-state index is 13.2. The van der Waals surface area contributed by atoms with E-state index in [1.807, 2.05) is 0 Å². The summed E-state index contributed by atoms with van der Waals surface area (Å²) in [6.07, 6.45) is 0. The summed E-state index contributed by atoms with van der Waals surface area (Å²) < 4.78 is 14.5. The number of nitrogens with one attached hydrogen (secondary N) is 2. The summed E-state index contributed by atoms with van der Waals surface area (Å²) in [5.41, 5.74) is 0.868. The van der Waals surface area contributed by atoms with Crippen LogP contribution in [-0.2, 0) is 0 Å². The molecule has 0 unspecified atom stereocenters. The molecule has 20 heavy (non-hydrogen) atoms. The topological polar surface area (TPSA) is 41.1 Å². The first-order chi connectivity index (χ1) is 9.42. The van der Waals surface area contributed by atoms with E-state index in [4.69, 9.17) is 11.6 Å². The average Bonchev–Trinajstić information content (AvgIpc) is 2.24. The van der Waals surface area contributed by atoms with Gasteiger partial charge in [-0.15, -0.1) is 0 Å². The average molecular weight is 422 g/mol. The molecule has 2 rings (SSSR count). The van der Waals surface area contributed by atoms with Gasteiger partial charge in [-0.3, -0.25) is 0 Å². The number of hydrogen-bond acceptors (Lipinski definition) is 1. The van der Waals surface area contributed by atoms with Crippen LogP contribution in [0.5, 0.6) is 0 Å². The Balaban J connectivity index is 2.08. The van der Waals surface area contributed by atoms with Crippen molar-refractivity contribution in [3.05, 3.63) is 56.2 Å². The molecule has 0 aromatic heterocycles. The van der Waals surface area contributed by atoms with E-state index in [0.29, 0.717) is 20.9 Å². The van der Waals surface area contributed by atoms with Crippen LogP contribution in [0.4, 0.5) is 20.6 Å². The van der Waals surface area contributed by atoms with Gasteiger partial charge in [0.2, 0.25) is 0 Å². The number of carbonyl (C=O) groups excluding carboxylic acids is 1. The first-order valence-electron chi connectivity index (χ1n) is 5.42. The molecule has 0 radical (unpaired) electrons. The molecule has 0 atom stereocenters. The Morgan fingerprint density at radius 3 is 2.05 bits per heavy atom. The van der Waals surface area contributed by atoms with Gasteiger partial charge in [0.25, 0.3) is 0 Å². The molecule has 2 aromatic carbocycles. The Kier molecular flexibility index (Phi) is 5.01. The molecular weight excluding hydrogens is 414 g/mol. The first kappa shape index (κ1) is 15.3. The number of rotatable bonds is 2. The molecule has 0 heterocycles. The van der Waals surface area contributed by atoms with Crippen LogP contribution in [0.2, 0.25) is 5.02 Å². The number of benzene rings is 2. The number of amides is 2. The highest BCUT2D eigenvalue weighted by atomic mass is 79.9. The van der Waals surface area contributed by atoms with Gasteiger partial charge in [0.15, 0.2) is 0 Å². The fraction of sp³-hybridized carbons (Fsp3) is 0. The summed E-state index contributed by atoms with van der Waals surface area (Å²) in [4.78, 5) is 11.8. The van der Waals surface area contributed by atoms with Crippen molar-refractivity contribution in [3.8, 4) is 0 Å². The van der Waals surface area contributed by atoms with Gasteiger partial charge in [0, 0.05) is 25.3 Å². The second-order valence-corrected chi connectivity index (χ2v) is 6.16. The normalized spacial score (nSPS) is 10.2. The summed E-state index contributed by atoms with van der Waals surface area (Å²) in [5, 5.41) is 5.63. The smallest absolute Gasteiger partial charge is 0.308 e. The Hall–Kier alpha value is -1.11. The van der Waals surface area contributed by atoms with Gasteiger partial charge in [-0.25, -0.2) is 9.18 Å². The summed E-state index contributed by atoms with van der Waals surface area (Å²) in [6, 6.07) is 8.64. The third kappa shape index (κ3) is 4.47. The molecule has 0 aliphatic carbocycles. The molecule has 2 amide bonds. The highest BCUT2D eigenvalue weighted by Crippen LogP contribution is 2.23. The second-order valence-electron chi connectivity index (χ2n) is 3.90. The van der Waals surface area contributed by atoms with Gasteiger partial charge in [-0.05, 0) is 36.4 Å². The van der Waals surface area contributed by atoms with E-state index >= 15 is 0 Å². The van der Waals surface area contributed by atoms with Crippen molar-refractivity contribution >= 4 is 60.9 Å². The van der Waals surface area contributed by atoms with Gasteiger partial charge >= 0.3 is 6.03 Å². The maximum Gasteiger partial charge on any atom is 0.323 e. The van der Waals surface area contributed by atoms with Gasteiger partial charge < -0.3 is 10.6 Å². The van der Waals surface area contributed by atoms with Crippen LogP contribution >= 0.6 is 43.5 Å². The van der Waals surface area contributed by atoms with Crippen molar-refractivity contribution in [2.24, 2.45) is 0 Å². The van der Waals surface area contributed by atoms with E-state index in [1.165, 1.54) is 12.1 Å². The summed E-state index contributed by atoms with van der Waals surface area (Å²) >= 11 is 12.3. The molecule has 0 saturated carbocycles. The zero-order valence-electron chi connectivity index (χ0n) is 9.88. The van der Waals surface area contributed by atoms with Gasteiger partial charge in [0.1, 0.15) is 5.82 Å². The van der Waals surface area contributed by atoms with Crippen LogP contribution in [0.15, 0.2) is 45.3 Å². The number of hydrogen-bond donors (Lipinski definition) is 2. The minimum atomic E-state index is -0.489. The lowest BCUT2D eigenvalue weighted by Gasteiger charge is -2.09. The van der Waals surface area contributed by atoms with Crippen molar-refractivity contribution in [3.63, 3.8) is 0 Å². The second kappa shape index (κ2) is 6.56. The fourth-order valence-corrected chi connectivity index (χ4v) is 2.87. The standard InChI is InChI=1S/C13H8Br2ClFN2O/c14-7-1-9(16)5-11(3-7)18-13(20)19-12-4-8(15)2-10(17)6-12/h1-6H,(H2,18,19,20). The summed E-state index contributed by atoms with van der Waals surface area (Å²) in [7, 11) is 0. The predicted molar refractivity (Wildman–Crippen MR) is 85.9 cm³/mol. The molecule has 0 fully saturated rings. The Labute approximate surface area is 136 Å². The van der Waals surface area contributed by atoms with Crippen molar-refractivity contribution in [1.29, 1.82) is 0 Å². The molecular formula is C13H8Br2ClFN2O. The molecule has 7 heteroatoms. The van der Waals surface area contributed by atoms with Crippen LogP contribution in [0, 0.1) is 5.82 Å². The fourth-order valence-electron chi connectivity index (χ4n) is 1.55. The van der Waals surface area contributed by atoms with Crippen LogP contribution in [-0.4, -0.2) is 6.03 Å². The molecule has 0 spiro atoms. The van der Waals surface area contributed by atoms with Gasteiger partial charge in [-0.1, -0.05) is 43.5 Å². The Morgan fingerprint density at radius 2 is 1.50 bits per heavy atom. The SMILES string of the molecule is O=C(Nc1cc(F)cc(Br)c1)Nc1cc(Cl)cc(Br)c1. The van der Waals surface area contributed by atoms with E-state index in [2.05, 4.69) is 42.5 Å². The molecule has 3 nitrogen and oxygen atoms in total. The van der Waals surface area contributed by atoms with E-state index in [0.717, 1.165) is 4.47 Å². The molecule has 104 valence electrons. The van der Waals surface area contributed by atoms with Crippen molar-refractivity contribution < 1.29 is 9.18 Å². The lowest BCUT2D eigenvalue weighted by atomic mass is 10.3. The molecule has 0 saturated heterocycles. The quantitative estimate of drug-likeness (QED) is 0.645. The zero-order chi connectivity index (χ0) is 14.7. The van der Waals surface area contributed by atoms with E-state index in [-0.39, 0.29) is 0 Å². The molecule has 0 aliphatic heterocycles. The Morgan fingerprint density at radius 1 is 0.950 bits per heavy atom. The van der Waals surface area contributed by atoms with Gasteiger partial charge in [-0.2, -0.15) is 0 Å². The molecule has 2 aromatic rings. The Bertz CT molecular complexity index is 571. The number of anilines is 2. The summed E-state index contributed by atoms with van der Waals surface area (Å²) in [5.74, 6) is -0.444. The van der Waals surface area contributed by atoms with E-state index < -0.39 is 11.8 Å². The van der Waals surface area contributed by atoms with Crippen LogP contribution in [0.3, 0.4) is 0 Å². The van der Waals surface area contributed by atoms with Crippen molar-refractivity contribution in [1.82, 2.24) is 0 Å².